The Kier molecular flexibility index (Phi) is 5.90. The second kappa shape index (κ2) is 7.86. The fourth-order valence-electron chi connectivity index (χ4n) is 2.85. The second-order valence-electron chi connectivity index (χ2n) is 6.10. The van der Waals surface area contributed by atoms with E-state index in [-0.39, 0.29) is 15.5 Å². The predicted molar refractivity (Wildman–Crippen MR) is 107 cm³/mol. The van der Waals surface area contributed by atoms with E-state index < -0.39 is 19.9 Å². The van der Waals surface area contributed by atoms with E-state index in [1.165, 1.54) is 28.6 Å². The summed E-state index contributed by atoms with van der Waals surface area (Å²) in [6.45, 7) is 3.32. The standard InChI is InChI=1S/C17H20BrN3O4S2/c1-2-26(22,23)15-4-6-16(7-5-15)27(24,25)21-11-9-20(10-12-21)17-8-3-14(18)13-19-17/h3-8,13H,2,9-12H2,1H3. The van der Waals surface area contributed by atoms with Crippen molar-refractivity contribution in [3.63, 3.8) is 0 Å². The molecule has 0 aliphatic carbocycles. The van der Waals surface area contributed by atoms with Gasteiger partial charge in [0, 0.05) is 36.8 Å². The van der Waals surface area contributed by atoms with Crippen LogP contribution in [0.5, 0.6) is 0 Å². The first-order valence-corrected chi connectivity index (χ1v) is 12.3. The van der Waals surface area contributed by atoms with Gasteiger partial charge >= 0.3 is 0 Å². The van der Waals surface area contributed by atoms with Crippen molar-refractivity contribution in [1.29, 1.82) is 0 Å². The number of halogens is 1. The van der Waals surface area contributed by atoms with Crippen LogP contribution >= 0.6 is 15.9 Å². The van der Waals surface area contributed by atoms with Crippen LogP contribution in [0.1, 0.15) is 6.92 Å². The molecule has 0 radical (unpaired) electrons. The minimum absolute atomic E-state index is 0.0227. The van der Waals surface area contributed by atoms with Crippen LogP contribution in [0.3, 0.4) is 0 Å². The van der Waals surface area contributed by atoms with Crippen molar-refractivity contribution in [2.24, 2.45) is 0 Å². The molecule has 2 aromatic rings. The van der Waals surface area contributed by atoms with Crippen LogP contribution in [-0.4, -0.2) is 58.1 Å². The highest BCUT2D eigenvalue weighted by Gasteiger charge is 2.29. The number of aromatic nitrogens is 1. The van der Waals surface area contributed by atoms with Gasteiger partial charge in [-0.15, -0.1) is 0 Å². The van der Waals surface area contributed by atoms with Crippen molar-refractivity contribution in [2.45, 2.75) is 16.7 Å². The minimum atomic E-state index is -3.66. The molecule has 146 valence electrons. The Hall–Kier alpha value is -1.49. The van der Waals surface area contributed by atoms with Crippen molar-refractivity contribution in [2.75, 3.05) is 36.8 Å². The number of anilines is 1. The summed E-state index contributed by atoms with van der Waals surface area (Å²) in [5.41, 5.74) is 0. The van der Waals surface area contributed by atoms with Crippen LogP contribution in [0, 0.1) is 0 Å². The zero-order chi connectivity index (χ0) is 19.7. The summed E-state index contributed by atoms with van der Waals surface area (Å²) in [6, 6.07) is 9.22. The van der Waals surface area contributed by atoms with Gasteiger partial charge in [-0.25, -0.2) is 21.8 Å². The van der Waals surface area contributed by atoms with E-state index in [1.807, 2.05) is 17.0 Å². The molecule has 1 aliphatic rings. The van der Waals surface area contributed by atoms with Crippen molar-refractivity contribution >= 4 is 41.6 Å². The topological polar surface area (TPSA) is 87.6 Å². The van der Waals surface area contributed by atoms with Crippen molar-refractivity contribution in [3.05, 3.63) is 47.1 Å². The molecule has 2 heterocycles. The molecule has 0 bridgehead atoms. The normalized spacial score (nSPS) is 16.4. The molecule has 1 aromatic heterocycles. The summed E-state index contributed by atoms with van der Waals surface area (Å²) in [6.07, 6.45) is 1.71. The smallest absolute Gasteiger partial charge is 0.243 e. The van der Waals surface area contributed by atoms with Crippen molar-refractivity contribution in [1.82, 2.24) is 9.29 Å². The van der Waals surface area contributed by atoms with Crippen LogP contribution in [0.2, 0.25) is 0 Å². The average molecular weight is 474 g/mol. The van der Waals surface area contributed by atoms with Gasteiger partial charge in [-0.1, -0.05) is 6.92 Å². The number of pyridine rings is 1. The zero-order valence-electron chi connectivity index (χ0n) is 14.7. The van der Waals surface area contributed by atoms with Gasteiger partial charge in [-0.05, 0) is 52.3 Å². The lowest BCUT2D eigenvalue weighted by Crippen LogP contribution is -2.48. The molecule has 1 saturated heterocycles. The lowest BCUT2D eigenvalue weighted by Gasteiger charge is -2.34. The van der Waals surface area contributed by atoms with E-state index in [0.717, 1.165) is 10.3 Å². The Bertz CT molecular complexity index is 999. The molecule has 0 amide bonds. The van der Waals surface area contributed by atoms with Crippen LogP contribution in [0.4, 0.5) is 5.82 Å². The van der Waals surface area contributed by atoms with Crippen LogP contribution < -0.4 is 4.90 Å². The van der Waals surface area contributed by atoms with E-state index in [1.54, 1.807) is 13.1 Å². The molecular formula is C17H20BrN3O4S2. The number of sulfone groups is 1. The first kappa shape index (κ1) is 20.2. The maximum absolute atomic E-state index is 12.8. The van der Waals surface area contributed by atoms with Crippen molar-refractivity contribution in [3.8, 4) is 0 Å². The fraction of sp³-hybridized carbons (Fsp3) is 0.353. The number of nitrogens with zero attached hydrogens (tertiary/aromatic N) is 3. The summed E-state index contributed by atoms with van der Waals surface area (Å²) in [5, 5.41) is 0. The molecule has 0 unspecified atom stereocenters. The highest BCUT2D eigenvalue weighted by molar-refractivity contribution is 9.10. The van der Waals surface area contributed by atoms with E-state index in [4.69, 9.17) is 0 Å². The molecule has 1 aliphatic heterocycles. The number of rotatable bonds is 5. The third-order valence-electron chi connectivity index (χ3n) is 4.48. The number of hydrogen-bond donors (Lipinski definition) is 0. The first-order chi connectivity index (χ1) is 12.7. The van der Waals surface area contributed by atoms with Crippen LogP contribution in [-0.2, 0) is 19.9 Å². The SMILES string of the molecule is CCS(=O)(=O)c1ccc(S(=O)(=O)N2CCN(c3ccc(Br)cn3)CC2)cc1. The van der Waals surface area contributed by atoms with Crippen molar-refractivity contribution < 1.29 is 16.8 Å². The monoisotopic (exact) mass is 473 g/mol. The zero-order valence-corrected chi connectivity index (χ0v) is 18.0. The van der Waals surface area contributed by atoms with Gasteiger partial charge in [-0.2, -0.15) is 4.31 Å². The quantitative estimate of drug-likeness (QED) is 0.660. The summed E-state index contributed by atoms with van der Waals surface area (Å²) >= 11 is 3.35. The molecular weight excluding hydrogens is 454 g/mol. The largest absolute Gasteiger partial charge is 0.354 e. The van der Waals surface area contributed by atoms with Gasteiger partial charge in [-0.3, -0.25) is 0 Å². The highest BCUT2D eigenvalue weighted by atomic mass is 79.9. The predicted octanol–water partition coefficient (Wildman–Crippen LogP) is 2.15. The molecule has 27 heavy (non-hydrogen) atoms. The Morgan fingerprint density at radius 2 is 1.52 bits per heavy atom. The lowest BCUT2D eigenvalue weighted by atomic mass is 10.3. The number of hydrogen-bond acceptors (Lipinski definition) is 6. The molecule has 10 heteroatoms. The number of benzene rings is 1. The summed E-state index contributed by atoms with van der Waals surface area (Å²) in [4.78, 5) is 6.62. The molecule has 0 atom stereocenters. The number of sulfonamides is 1. The van der Waals surface area contributed by atoms with Crippen LogP contribution in [0.25, 0.3) is 0 Å². The van der Waals surface area contributed by atoms with Gasteiger partial charge in [0.2, 0.25) is 10.0 Å². The average Bonchev–Trinajstić information content (AvgIpc) is 2.69. The van der Waals surface area contributed by atoms with E-state index in [2.05, 4.69) is 20.9 Å². The Balaban J connectivity index is 1.72. The molecule has 3 rings (SSSR count). The van der Waals surface area contributed by atoms with Gasteiger partial charge in [0.1, 0.15) is 5.82 Å². The van der Waals surface area contributed by atoms with E-state index in [9.17, 15) is 16.8 Å². The molecule has 1 aromatic carbocycles. The van der Waals surface area contributed by atoms with Gasteiger partial charge < -0.3 is 4.90 Å². The van der Waals surface area contributed by atoms with E-state index in [0.29, 0.717) is 26.2 Å². The summed E-state index contributed by atoms with van der Waals surface area (Å²) in [7, 11) is -7.01. The maximum Gasteiger partial charge on any atom is 0.243 e. The van der Waals surface area contributed by atoms with Gasteiger partial charge in [0.25, 0.3) is 0 Å². The maximum atomic E-state index is 12.8. The first-order valence-electron chi connectivity index (χ1n) is 8.43. The summed E-state index contributed by atoms with van der Waals surface area (Å²) < 4.78 is 51.8. The Morgan fingerprint density at radius 3 is 2.04 bits per heavy atom. The highest BCUT2D eigenvalue weighted by Crippen LogP contribution is 2.22. The minimum Gasteiger partial charge on any atom is -0.354 e. The summed E-state index contributed by atoms with van der Waals surface area (Å²) in [5.74, 6) is 0.787. The molecule has 0 spiro atoms. The second-order valence-corrected chi connectivity index (χ2v) is 11.2. The third-order valence-corrected chi connectivity index (χ3v) is 8.61. The Morgan fingerprint density at radius 1 is 0.926 bits per heavy atom. The molecule has 0 N–H and O–H groups in total. The Labute approximate surface area is 168 Å². The third kappa shape index (κ3) is 4.34. The van der Waals surface area contributed by atoms with Crippen LogP contribution in [0.15, 0.2) is 56.9 Å². The van der Waals surface area contributed by atoms with Gasteiger partial charge in [0.05, 0.1) is 15.5 Å². The fourth-order valence-corrected chi connectivity index (χ4v) is 5.39. The molecule has 1 fully saturated rings. The molecule has 0 saturated carbocycles. The van der Waals surface area contributed by atoms with Gasteiger partial charge in [0.15, 0.2) is 9.84 Å². The number of piperazine rings is 1. The lowest BCUT2D eigenvalue weighted by molar-refractivity contribution is 0.384. The molecule has 7 nitrogen and oxygen atoms in total. The van der Waals surface area contributed by atoms with E-state index >= 15 is 0 Å².